The average Bonchev–Trinajstić information content (AvgIpc) is 2.77. The molecule has 33 heavy (non-hydrogen) atoms. The summed E-state index contributed by atoms with van der Waals surface area (Å²) in [6, 6.07) is 10.1. The van der Waals surface area contributed by atoms with Crippen LogP contribution in [0.15, 0.2) is 48.5 Å². The fourth-order valence-corrected chi connectivity index (χ4v) is 3.43. The van der Waals surface area contributed by atoms with Gasteiger partial charge in [-0.3, -0.25) is 14.5 Å². The van der Waals surface area contributed by atoms with Crippen molar-refractivity contribution in [2.75, 3.05) is 32.7 Å². The Hall–Kier alpha value is -3.08. The number of rotatable bonds is 5. The van der Waals surface area contributed by atoms with E-state index < -0.39 is 35.0 Å². The van der Waals surface area contributed by atoms with Crippen LogP contribution in [0.25, 0.3) is 0 Å². The van der Waals surface area contributed by atoms with Gasteiger partial charge in [0.2, 0.25) is 5.91 Å². The van der Waals surface area contributed by atoms with Crippen molar-refractivity contribution in [2.45, 2.75) is 18.9 Å². The van der Waals surface area contributed by atoms with E-state index in [-0.39, 0.29) is 44.7 Å². The molecule has 2 amide bonds. The minimum absolute atomic E-state index is 0.0111. The first-order chi connectivity index (χ1) is 15.4. The van der Waals surface area contributed by atoms with Crippen molar-refractivity contribution < 1.29 is 35.9 Å². The van der Waals surface area contributed by atoms with Crippen molar-refractivity contribution in [3.8, 4) is 0 Å². The molecule has 1 aliphatic rings. The number of hydrogen-bond donors (Lipinski definition) is 1. The summed E-state index contributed by atoms with van der Waals surface area (Å²) in [5.74, 6) is -1.15. The number of hydrogen-bond acceptors (Lipinski definition) is 3. The van der Waals surface area contributed by atoms with Gasteiger partial charge < -0.3 is 10.2 Å². The van der Waals surface area contributed by atoms with Gasteiger partial charge in [0.05, 0.1) is 17.7 Å². The van der Waals surface area contributed by atoms with Crippen molar-refractivity contribution in [3.05, 3.63) is 70.8 Å². The molecule has 0 saturated carbocycles. The molecule has 1 heterocycles. The van der Waals surface area contributed by atoms with Crippen LogP contribution < -0.4 is 5.32 Å². The molecule has 0 aliphatic carbocycles. The summed E-state index contributed by atoms with van der Waals surface area (Å²) in [4.78, 5) is 27.7. The van der Waals surface area contributed by atoms with Gasteiger partial charge in [0.15, 0.2) is 0 Å². The van der Waals surface area contributed by atoms with Crippen LogP contribution in [0.1, 0.15) is 27.0 Å². The summed E-state index contributed by atoms with van der Waals surface area (Å²) in [7, 11) is 0. The van der Waals surface area contributed by atoms with E-state index in [1.54, 1.807) is 4.90 Å². The van der Waals surface area contributed by atoms with Crippen molar-refractivity contribution in [3.63, 3.8) is 0 Å². The molecule has 3 rings (SSSR count). The van der Waals surface area contributed by atoms with Gasteiger partial charge >= 0.3 is 12.4 Å². The molecule has 5 nitrogen and oxygen atoms in total. The molecule has 0 spiro atoms. The lowest BCUT2D eigenvalue weighted by Gasteiger charge is -2.34. The van der Waals surface area contributed by atoms with E-state index in [2.05, 4.69) is 5.32 Å². The predicted molar refractivity (Wildman–Crippen MR) is 107 cm³/mol. The molecule has 2 aromatic carbocycles. The third-order valence-corrected chi connectivity index (χ3v) is 5.19. The Balaban J connectivity index is 1.59. The highest BCUT2D eigenvalue weighted by Crippen LogP contribution is 2.36. The van der Waals surface area contributed by atoms with Crippen LogP contribution in [0.4, 0.5) is 26.3 Å². The van der Waals surface area contributed by atoms with Crippen LogP contribution in [-0.4, -0.2) is 54.3 Å². The number of nitrogens with zero attached hydrogens (tertiary/aromatic N) is 2. The molecule has 0 unspecified atom stereocenters. The van der Waals surface area contributed by atoms with Gasteiger partial charge in [-0.15, -0.1) is 0 Å². The van der Waals surface area contributed by atoms with Crippen LogP contribution in [-0.2, 0) is 23.7 Å². The van der Waals surface area contributed by atoms with Gasteiger partial charge in [0.25, 0.3) is 5.91 Å². The zero-order chi connectivity index (χ0) is 24.2. The highest BCUT2D eigenvalue weighted by molar-refractivity contribution is 5.94. The molecule has 1 saturated heterocycles. The molecule has 0 bridgehead atoms. The van der Waals surface area contributed by atoms with Crippen molar-refractivity contribution in [1.82, 2.24) is 15.1 Å². The van der Waals surface area contributed by atoms with Crippen LogP contribution in [0.3, 0.4) is 0 Å². The molecule has 11 heteroatoms. The van der Waals surface area contributed by atoms with Crippen LogP contribution in [0.2, 0.25) is 0 Å². The second-order valence-corrected chi connectivity index (χ2v) is 7.63. The normalized spacial score (nSPS) is 15.4. The van der Waals surface area contributed by atoms with E-state index in [1.807, 2.05) is 30.3 Å². The van der Waals surface area contributed by atoms with E-state index >= 15 is 0 Å². The lowest BCUT2D eigenvalue weighted by atomic mass is 10.0. The summed E-state index contributed by atoms with van der Waals surface area (Å²) >= 11 is 0. The number of amides is 2. The first-order valence-corrected chi connectivity index (χ1v) is 10.1. The van der Waals surface area contributed by atoms with Gasteiger partial charge in [-0.05, 0) is 23.8 Å². The zero-order valence-corrected chi connectivity index (χ0v) is 17.3. The first-order valence-electron chi connectivity index (χ1n) is 10.1. The SMILES string of the molecule is O=C(CN1CCN(C(=O)c2cc(C(F)(F)F)cc(C(F)(F)F)c2)CC1)NCc1ccccc1. The first kappa shape index (κ1) is 24.6. The van der Waals surface area contributed by atoms with E-state index in [1.165, 1.54) is 4.90 Å². The highest BCUT2D eigenvalue weighted by atomic mass is 19.4. The van der Waals surface area contributed by atoms with Gasteiger partial charge in [-0.1, -0.05) is 30.3 Å². The maximum atomic E-state index is 13.0. The number of halogens is 6. The highest BCUT2D eigenvalue weighted by Gasteiger charge is 2.38. The van der Waals surface area contributed by atoms with Crippen molar-refractivity contribution >= 4 is 11.8 Å². The Morgan fingerprint density at radius 2 is 1.36 bits per heavy atom. The Bertz CT molecular complexity index is 952. The third kappa shape index (κ3) is 6.70. The molecule has 2 aromatic rings. The van der Waals surface area contributed by atoms with Crippen LogP contribution >= 0.6 is 0 Å². The second kappa shape index (κ2) is 9.82. The monoisotopic (exact) mass is 473 g/mol. The summed E-state index contributed by atoms with van der Waals surface area (Å²) in [6.45, 7) is 1.09. The average molecular weight is 473 g/mol. The smallest absolute Gasteiger partial charge is 0.351 e. The quantitative estimate of drug-likeness (QED) is 0.673. The van der Waals surface area contributed by atoms with E-state index in [9.17, 15) is 35.9 Å². The predicted octanol–water partition coefficient (Wildman–Crippen LogP) is 3.80. The molecule has 178 valence electrons. The molecular weight excluding hydrogens is 452 g/mol. The maximum absolute atomic E-state index is 13.0. The van der Waals surface area contributed by atoms with Gasteiger partial charge in [0, 0.05) is 38.3 Å². The topological polar surface area (TPSA) is 52.7 Å². The third-order valence-electron chi connectivity index (χ3n) is 5.19. The Morgan fingerprint density at radius 1 is 0.818 bits per heavy atom. The molecule has 1 fully saturated rings. The minimum Gasteiger partial charge on any atom is -0.351 e. The lowest BCUT2D eigenvalue weighted by Crippen LogP contribution is -2.51. The summed E-state index contributed by atoms with van der Waals surface area (Å²) < 4.78 is 78.3. The Labute approximate surface area is 186 Å². The molecule has 0 radical (unpaired) electrons. The van der Waals surface area contributed by atoms with Crippen molar-refractivity contribution in [2.24, 2.45) is 0 Å². The molecule has 1 N–H and O–H groups in total. The summed E-state index contributed by atoms with van der Waals surface area (Å²) in [6.07, 6.45) is -10.1. The lowest BCUT2D eigenvalue weighted by molar-refractivity contribution is -0.143. The fourth-order valence-electron chi connectivity index (χ4n) is 3.43. The van der Waals surface area contributed by atoms with Crippen LogP contribution in [0.5, 0.6) is 0 Å². The Kier molecular flexibility index (Phi) is 7.31. The van der Waals surface area contributed by atoms with Gasteiger partial charge in [-0.2, -0.15) is 26.3 Å². The standard InChI is InChI=1S/C22H21F6N3O2/c23-21(24,25)17-10-16(11-18(12-17)22(26,27)28)20(33)31-8-6-30(7-9-31)14-19(32)29-13-15-4-2-1-3-5-15/h1-5,10-12H,6-9,13-14H2,(H,29,32). The van der Waals surface area contributed by atoms with E-state index in [0.717, 1.165) is 5.56 Å². The van der Waals surface area contributed by atoms with E-state index in [4.69, 9.17) is 0 Å². The summed E-state index contributed by atoms with van der Waals surface area (Å²) in [5, 5.41) is 2.77. The number of piperazine rings is 1. The number of alkyl halides is 6. The van der Waals surface area contributed by atoms with Gasteiger partial charge in [-0.25, -0.2) is 0 Å². The fraction of sp³-hybridized carbons (Fsp3) is 0.364. The van der Waals surface area contributed by atoms with Crippen LogP contribution in [0, 0.1) is 0 Å². The van der Waals surface area contributed by atoms with E-state index in [0.29, 0.717) is 18.7 Å². The number of nitrogens with one attached hydrogen (secondary N) is 1. The maximum Gasteiger partial charge on any atom is 0.416 e. The summed E-state index contributed by atoms with van der Waals surface area (Å²) in [5.41, 5.74) is -2.81. The number of benzene rings is 2. The molecular formula is C22H21F6N3O2. The largest absolute Gasteiger partial charge is 0.416 e. The second-order valence-electron chi connectivity index (χ2n) is 7.63. The Morgan fingerprint density at radius 3 is 1.88 bits per heavy atom. The molecule has 0 aromatic heterocycles. The molecule has 0 atom stereocenters. The van der Waals surface area contributed by atoms with Gasteiger partial charge in [0.1, 0.15) is 0 Å². The molecule has 1 aliphatic heterocycles. The minimum atomic E-state index is -5.03. The number of carbonyl (C=O) groups excluding carboxylic acids is 2. The van der Waals surface area contributed by atoms with Crippen molar-refractivity contribution in [1.29, 1.82) is 0 Å². The number of carbonyl (C=O) groups is 2. The zero-order valence-electron chi connectivity index (χ0n) is 17.3.